The van der Waals surface area contributed by atoms with E-state index in [0.29, 0.717) is 19.4 Å². The van der Waals surface area contributed by atoms with Crippen molar-refractivity contribution in [2.24, 2.45) is 0 Å². The smallest absolute Gasteiger partial charge is 0.220 e. The van der Waals surface area contributed by atoms with Crippen molar-refractivity contribution < 1.29 is 13.9 Å². The van der Waals surface area contributed by atoms with Gasteiger partial charge in [-0.25, -0.2) is 4.98 Å². The predicted octanol–water partition coefficient (Wildman–Crippen LogP) is 3.76. The van der Waals surface area contributed by atoms with Crippen molar-refractivity contribution in [1.82, 2.24) is 15.2 Å². The summed E-state index contributed by atoms with van der Waals surface area (Å²) in [7, 11) is 5.58. The molecule has 0 bridgehead atoms. The molecule has 28 heavy (non-hydrogen) atoms. The lowest BCUT2D eigenvalue weighted by Crippen LogP contribution is -2.34. The Bertz CT molecular complexity index is 873. The van der Waals surface area contributed by atoms with E-state index in [-0.39, 0.29) is 11.9 Å². The number of aryl methyl sites for hydroxylation is 1. The van der Waals surface area contributed by atoms with Gasteiger partial charge in [-0.15, -0.1) is 11.3 Å². The number of thiazole rings is 1. The molecule has 3 rings (SSSR count). The lowest BCUT2D eigenvalue weighted by atomic mass is 10.2. The van der Waals surface area contributed by atoms with Crippen LogP contribution in [0.15, 0.2) is 52.5 Å². The number of hydrogen-bond donors (Lipinski definition) is 1. The van der Waals surface area contributed by atoms with Crippen LogP contribution in [-0.2, 0) is 11.2 Å². The average Bonchev–Trinajstić information content (AvgIpc) is 3.39. The first kappa shape index (κ1) is 20.1. The molecular formula is C21H25N3O3S. The second kappa shape index (κ2) is 9.52. The largest absolute Gasteiger partial charge is 0.497 e. The van der Waals surface area contributed by atoms with Gasteiger partial charge in [0.05, 0.1) is 30.1 Å². The Morgan fingerprint density at radius 1 is 1.29 bits per heavy atom. The molecule has 1 atom stereocenters. The number of amides is 1. The molecule has 1 aromatic carbocycles. The Morgan fingerprint density at radius 3 is 2.71 bits per heavy atom. The monoisotopic (exact) mass is 399 g/mol. The van der Waals surface area contributed by atoms with Crippen LogP contribution >= 0.6 is 11.3 Å². The molecular weight excluding hydrogens is 374 g/mol. The highest BCUT2D eigenvalue weighted by atomic mass is 32.1. The Hall–Kier alpha value is -2.64. The number of nitrogens with one attached hydrogen (secondary N) is 1. The van der Waals surface area contributed by atoms with Crippen LogP contribution in [0, 0.1) is 0 Å². The predicted molar refractivity (Wildman–Crippen MR) is 111 cm³/mol. The van der Waals surface area contributed by atoms with Crippen LogP contribution in [0.25, 0.3) is 11.3 Å². The molecule has 0 fully saturated rings. The van der Waals surface area contributed by atoms with E-state index in [4.69, 9.17) is 9.15 Å². The van der Waals surface area contributed by atoms with Crippen molar-refractivity contribution in [2.45, 2.75) is 18.9 Å². The minimum Gasteiger partial charge on any atom is -0.497 e. The van der Waals surface area contributed by atoms with Gasteiger partial charge in [-0.1, -0.05) is 0 Å². The third-order valence-corrected chi connectivity index (χ3v) is 5.40. The maximum absolute atomic E-state index is 12.3. The molecule has 0 aliphatic carbocycles. The summed E-state index contributed by atoms with van der Waals surface area (Å²) in [6, 6.07) is 11.6. The standard InChI is InChI=1S/C21H25N3O3S/c1-24(2)18(19-5-4-12-27-19)13-22-20(25)10-11-21-23-17(14-28-21)15-6-8-16(26-3)9-7-15/h4-9,12,14,18H,10-11,13H2,1-3H3,(H,22,25). The molecule has 0 aliphatic heterocycles. The van der Waals surface area contributed by atoms with E-state index in [0.717, 1.165) is 27.8 Å². The van der Waals surface area contributed by atoms with Gasteiger partial charge in [0.25, 0.3) is 0 Å². The number of rotatable bonds is 9. The maximum Gasteiger partial charge on any atom is 0.220 e. The molecule has 0 aliphatic rings. The molecule has 0 saturated carbocycles. The summed E-state index contributed by atoms with van der Waals surface area (Å²) in [5.41, 5.74) is 1.97. The topological polar surface area (TPSA) is 67.6 Å². The molecule has 2 aromatic heterocycles. The van der Waals surface area contributed by atoms with Crippen molar-refractivity contribution in [3.8, 4) is 17.0 Å². The SMILES string of the molecule is COc1ccc(-c2csc(CCC(=O)NCC(c3ccco3)N(C)C)n2)cc1. The number of benzene rings is 1. The van der Waals surface area contributed by atoms with Gasteiger partial charge in [-0.05, 0) is 50.5 Å². The van der Waals surface area contributed by atoms with E-state index in [2.05, 4.69) is 10.3 Å². The molecule has 0 radical (unpaired) electrons. The van der Waals surface area contributed by atoms with Crippen LogP contribution < -0.4 is 10.1 Å². The van der Waals surface area contributed by atoms with Crippen LogP contribution in [0.4, 0.5) is 0 Å². The molecule has 2 heterocycles. The zero-order valence-electron chi connectivity index (χ0n) is 16.3. The minimum atomic E-state index is 0.0135. The number of ether oxygens (including phenoxy) is 1. The molecule has 148 valence electrons. The zero-order chi connectivity index (χ0) is 19.9. The van der Waals surface area contributed by atoms with Gasteiger partial charge in [0, 0.05) is 30.3 Å². The van der Waals surface area contributed by atoms with E-state index in [1.54, 1.807) is 24.7 Å². The summed E-state index contributed by atoms with van der Waals surface area (Å²) >= 11 is 1.58. The molecule has 1 N–H and O–H groups in total. The Morgan fingerprint density at radius 2 is 2.07 bits per heavy atom. The van der Waals surface area contributed by atoms with Crippen molar-refractivity contribution in [3.05, 3.63) is 58.8 Å². The van der Waals surface area contributed by atoms with Gasteiger partial charge in [0.15, 0.2) is 0 Å². The highest BCUT2D eigenvalue weighted by Crippen LogP contribution is 2.24. The summed E-state index contributed by atoms with van der Waals surface area (Å²) in [6.07, 6.45) is 2.68. The molecule has 1 unspecified atom stereocenters. The van der Waals surface area contributed by atoms with Crippen molar-refractivity contribution in [3.63, 3.8) is 0 Å². The lowest BCUT2D eigenvalue weighted by Gasteiger charge is -2.22. The maximum atomic E-state index is 12.3. The first-order valence-corrected chi connectivity index (χ1v) is 10.00. The molecule has 3 aromatic rings. The van der Waals surface area contributed by atoms with Gasteiger partial charge in [-0.3, -0.25) is 9.69 Å². The van der Waals surface area contributed by atoms with Gasteiger partial charge in [0.1, 0.15) is 11.5 Å². The number of aromatic nitrogens is 1. The first-order chi connectivity index (χ1) is 13.6. The van der Waals surface area contributed by atoms with Crippen molar-refractivity contribution in [2.75, 3.05) is 27.7 Å². The van der Waals surface area contributed by atoms with Crippen LogP contribution in [-0.4, -0.2) is 43.5 Å². The molecule has 7 heteroatoms. The Kier molecular flexibility index (Phi) is 6.84. The number of nitrogens with zero attached hydrogens (tertiary/aromatic N) is 2. The van der Waals surface area contributed by atoms with E-state index in [9.17, 15) is 4.79 Å². The Labute approximate surface area is 169 Å². The third kappa shape index (κ3) is 5.21. The van der Waals surface area contributed by atoms with Crippen molar-refractivity contribution in [1.29, 1.82) is 0 Å². The van der Waals surface area contributed by atoms with E-state index < -0.39 is 0 Å². The van der Waals surface area contributed by atoms with E-state index in [1.807, 2.05) is 60.8 Å². The van der Waals surface area contributed by atoms with Crippen molar-refractivity contribution >= 4 is 17.2 Å². The molecule has 0 saturated heterocycles. The fraction of sp³-hybridized carbons (Fsp3) is 0.333. The van der Waals surface area contributed by atoms with Crippen LogP contribution in [0.5, 0.6) is 5.75 Å². The zero-order valence-corrected chi connectivity index (χ0v) is 17.2. The van der Waals surface area contributed by atoms with Crippen LogP contribution in [0.2, 0.25) is 0 Å². The number of carbonyl (C=O) groups is 1. The van der Waals surface area contributed by atoms with E-state index >= 15 is 0 Å². The number of hydrogen-bond acceptors (Lipinski definition) is 6. The quantitative estimate of drug-likeness (QED) is 0.593. The van der Waals surface area contributed by atoms with Crippen LogP contribution in [0.1, 0.15) is 23.2 Å². The lowest BCUT2D eigenvalue weighted by molar-refractivity contribution is -0.121. The Balaban J connectivity index is 1.50. The highest BCUT2D eigenvalue weighted by Gasteiger charge is 2.18. The number of carbonyl (C=O) groups excluding carboxylic acids is 1. The van der Waals surface area contributed by atoms with Gasteiger partial charge < -0.3 is 14.5 Å². The third-order valence-electron chi connectivity index (χ3n) is 4.49. The van der Waals surface area contributed by atoms with Gasteiger partial charge in [0.2, 0.25) is 5.91 Å². The summed E-state index contributed by atoms with van der Waals surface area (Å²) in [5, 5.41) is 5.97. The number of furan rings is 1. The highest BCUT2D eigenvalue weighted by molar-refractivity contribution is 7.09. The second-order valence-corrected chi connectivity index (χ2v) is 7.60. The first-order valence-electron chi connectivity index (χ1n) is 9.12. The van der Waals surface area contributed by atoms with Crippen LogP contribution in [0.3, 0.4) is 0 Å². The van der Waals surface area contributed by atoms with E-state index in [1.165, 1.54) is 0 Å². The minimum absolute atomic E-state index is 0.0135. The average molecular weight is 400 g/mol. The summed E-state index contributed by atoms with van der Waals surface area (Å²) in [4.78, 5) is 18.9. The summed E-state index contributed by atoms with van der Waals surface area (Å²) in [5.74, 6) is 1.68. The van der Waals surface area contributed by atoms with Gasteiger partial charge in [-0.2, -0.15) is 0 Å². The fourth-order valence-corrected chi connectivity index (χ4v) is 3.67. The van der Waals surface area contributed by atoms with Gasteiger partial charge >= 0.3 is 0 Å². The summed E-state index contributed by atoms with van der Waals surface area (Å²) in [6.45, 7) is 0.508. The fourth-order valence-electron chi connectivity index (χ4n) is 2.86. The number of methoxy groups -OCH3 is 1. The summed E-state index contributed by atoms with van der Waals surface area (Å²) < 4.78 is 10.7. The molecule has 6 nitrogen and oxygen atoms in total. The molecule has 1 amide bonds. The second-order valence-electron chi connectivity index (χ2n) is 6.65. The normalized spacial score (nSPS) is 12.1. The molecule has 0 spiro atoms. The number of likely N-dealkylation sites (N-methyl/N-ethyl adjacent to an activating group) is 1.